The van der Waals surface area contributed by atoms with Gasteiger partial charge < -0.3 is 4.90 Å². The van der Waals surface area contributed by atoms with Crippen molar-refractivity contribution in [2.45, 2.75) is 6.04 Å². The maximum atomic E-state index is 13.2. The number of halogens is 2. The number of carbonyl (C=O) groups excluding carboxylic acids is 1. The molecule has 2 heterocycles. The minimum atomic E-state index is -0.479. The summed E-state index contributed by atoms with van der Waals surface area (Å²) in [6.45, 7) is 2.02. The zero-order valence-electron chi connectivity index (χ0n) is 16.0. The summed E-state index contributed by atoms with van der Waals surface area (Å²) in [5.74, 6) is -0.815. The van der Waals surface area contributed by atoms with Crippen LogP contribution in [0.2, 0.25) is 0 Å². The number of hydrogen-bond donors (Lipinski definition) is 0. The van der Waals surface area contributed by atoms with Gasteiger partial charge in [0.25, 0.3) is 5.91 Å². The van der Waals surface area contributed by atoms with Crippen molar-refractivity contribution in [2.75, 3.05) is 26.2 Å². The Morgan fingerprint density at radius 2 is 1.60 bits per heavy atom. The predicted octanol–water partition coefficient (Wildman–Crippen LogP) is 4.11. The van der Waals surface area contributed by atoms with E-state index in [0.717, 1.165) is 11.1 Å². The molecule has 3 aromatic rings. The summed E-state index contributed by atoms with van der Waals surface area (Å²) in [6, 6.07) is 13.7. The third kappa shape index (κ3) is 4.22. The van der Waals surface area contributed by atoms with E-state index >= 15 is 0 Å². The summed E-state index contributed by atoms with van der Waals surface area (Å²) >= 11 is 1.34. The maximum Gasteiger partial charge on any atom is 0.273 e. The standard InChI is InChI=1S/C22H18F2N4OS/c23-17-5-1-15(2-6-17)20(13-25)27-9-11-28(12-10-27)22(29)19-14-30-21(26-19)16-3-7-18(24)8-4-16/h1-8,14,20H,9-12H2/t20-/m0/s1. The van der Waals surface area contributed by atoms with Gasteiger partial charge in [-0.1, -0.05) is 12.1 Å². The second kappa shape index (κ2) is 8.69. The monoisotopic (exact) mass is 424 g/mol. The molecule has 30 heavy (non-hydrogen) atoms. The van der Waals surface area contributed by atoms with Gasteiger partial charge in [-0.3, -0.25) is 9.69 Å². The number of piperazine rings is 1. The third-order valence-electron chi connectivity index (χ3n) is 5.09. The van der Waals surface area contributed by atoms with Crippen LogP contribution < -0.4 is 0 Å². The van der Waals surface area contributed by atoms with E-state index in [9.17, 15) is 18.8 Å². The molecule has 1 aliphatic heterocycles. The highest BCUT2D eigenvalue weighted by molar-refractivity contribution is 7.13. The van der Waals surface area contributed by atoms with Gasteiger partial charge in [-0.05, 0) is 42.0 Å². The van der Waals surface area contributed by atoms with Gasteiger partial charge in [-0.25, -0.2) is 13.8 Å². The Bertz CT molecular complexity index is 1070. The quantitative estimate of drug-likeness (QED) is 0.632. The van der Waals surface area contributed by atoms with E-state index in [1.807, 2.05) is 4.90 Å². The lowest BCUT2D eigenvalue weighted by Crippen LogP contribution is -2.49. The molecule has 1 aromatic heterocycles. The first kappa shape index (κ1) is 20.1. The van der Waals surface area contributed by atoms with Gasteiger partial charge in [-0.2, -0.15) is 5.26 Å². The van der Waals surface area contributed by atoms with Gasteiger partial charge in [0, 0.05) is 37.1 Å². The van der Waals surface area contributed by atoms with Crippen molar-refractivity contribution < 1.29 is 13.6 Å². The molecule has 8 heteroatoms. The van der Waals surface area contributed by atoms with Crippen molar-refractivity contribution in [3.8, 4) is 16.6 Å². The molecule has 0 aliphatic carbocycles. The highest BCUT2D eigenvalue weighted by Gasteiger charge is 2.28. The number of benzene rings is 2. The van der Waals surface area contributed by atoms with Crippen LogP contribution in [0.5, 0.6) is 0 Å². The van der Waals surface area contributed by atoms with E-state index in [1.165, 1.54) is 35.6 Å². The van der Waals surface area contributed by atoms with Crippen LogP contribution in [0.1, 0.15) is 22.1 Å². The Hall–Kier alpha value is -3.15. The van der Waals surface area contributed by atoms with E-state index in [2.05, 4.69) is 11.1 Å². The molecule has 0 N–H and O–H groups in total. The highest BCUT2D eigenvalue weighted by atomic mass is 32.1. The second-order valence-corrected chi connectivity index (χ2v) is 7.81. The average Bonchev–Trinajstić information content (AvgIpc) is 3.26. The van der Waals surface area contributed by atoms with Gasteiger partial charge >= 0.3 is 0 Å². The van der Waals surface area contributed by atoms with Crippen molar-refractivity contribution in [1.82, 2.24) is 14.8 Å². The fourth-order valence-electron chi connectivity index (χ4n) is 3.45. The summed E-state index contributed by atoms with van der Waals surface area (Å²) < 4.78 is 26.3. The highest BCUT2D eigenvalue weighted by Crippen LogP contribution is 2.26. The van der Waals surface area contributed by atoms with E-state index in [1.54, 1.807) is 34.5 Å². The van der Waals surface area contributed by atoms with Crippen LogP contribution >= 0.6 is 11.3 Å². The van der Waals surface area contributed by atoms with Gasteiger partial charge in [0.05, 0.1) is 6.07 Å². The predicted molar refractivity (Wildman–Crippen MR) is 110 cm³/mol. The Kier molecular flexibility index (Phi) is 5.84. The number of hydrogen-bond acceptors (Lipinski definition) is 5. The van der Waals surface area contributed by atoms with Crippen LogP contribution in [-0.2, 0) is 0 Å². The SMILES string of the molecule is N#C[C@@H](c1ccc(F)cc1)N1CCN(C(=O)c2csc(-c3ccc(F)cc3)n2)CC1. The fourth-order valence-corrected chi connectivity index (χ4v) is 4.25. The molecule has 152 valence electrons. The lowest BCUT2D eigenvalue weighted by molar-refractivity contribution is 0.0601. The van der Waals surface area contributed by atoms with Gasteiger partial charge in [0.1, 0.15) is 28.4 Å². The molecule has 2 aromatic carbocycles. The smallest absolute Gasteiger partial charge is 0.273 e. The molecule has 0 radical (unpaired) electrons. The van der Waals surface area contributed by atoms with Crippen LogP contribution in [0.3, 0.4) is 0 Å². The summed E-state index contributed by atoms with van der Waals surface area (Å²) in [5, 5.41) is 12.0. The third-order valence-corrected chi connectivity index (χ3v) is 5.98. The fraction of sp³-hybridized carbons (Fsp3) is 0.227. The largest absolute Gasteiger partial charge is 0.335 e. The minimum Gasteiger partial charge on any atom is -0.335 e. The van der Waals surface area contributed by atoms with Crippen LogP contribution in [0, 0.1) is 23.0 Å². The zero-order valence-corrected chi connectivity index (χ0v) is 16.8. The Labute approximate surface area is 176 Å². The molecular formula is C22H18F2N4OS. The number of rotatable bonds is 4. The summed E-state index contributed by atoms with van der Waals surface area (Å²) in [6.07, 6.45) is 0. The van der Waals surface area contributed by atoms with E-state index in [4.69, 9.17) is 0 Å². The molecule has 1 atom stereocenters. The molecule has 0 bridgehead atoms. The molecule has 0 spiro atoms. The zero-order chi connectivity index (χ0) is 21.1. The summed E-state index contributed by atoms with van der Waals surface area (Å²) in [4.78, 5) is 21.0. The van der Waals surface area contributed by atoms with Crippen LogP contribution in [0.15, 0.2) is 53.9 Å². The first-order chi connectivity index (χ1) is 14.5. The first-order valence-electron chi connectivity index (χ1n) is 9.45. The molecule has 1 fully saturated rings. The summed E-state index contributed by atoms with van der Waals surface area (Å²) in [5.41, 5.74) is 1.87. The Morgan fingerprint density at radius 3 is 2.20 bits per heavy atom. The van der Waals surface area contributed by atoms with Crippen molar-refractivity contribution in [3.05, 3.63) is 76.8 Å². The van der Waals surface area contributed by atoms with Gasteiger partial charge in [0.15, 0.2) is 0 Å². The molecule has 0 unspecified atom stereocenters. The number of nitrogens with zero attached hydrogens (tertiary/aromatic N) is 4. The lowest BCUT2D eigenvalue weighted by atomic mass is 10.1. The van der Waals surface area contributed by atoms with E-state index in [-0.39, 0.29) is 17.5 Å². The topological polar surface area (TPSA) is 60.2 Å². The van der Waals surface area contributed by atoms with Crippen LogP contribution in [0.4, 0.5) is 8.78 Å². The number of nitriles is 1. The number of carbonyl (C=O) groups is 1. The minimum absolute atomic E-state index is 0.158. The Balaban J connectivity index is 1.40. The average molecular weight is 424 g/mol. The molecule has 5 nitrogen and oxygen atoms in total. The molecule has 1 aliphatic rings. The number of thiazole rings is 1. The van der Waals surface area contributed by atoms with E-state index in [0.29, 0.717) is 36.9 Å². The molecule has 4 rings (SSSR count). The molecular weight excluding hydrogens is 406 g/mol. The lowest BCUT2D eigenvalue weighted by Gasteiger charge is -2.36. The van der Waals surface area contributed by atoms with Gasteiger partial charge in [-0.15, -0.1) is 11.3 Å². The number of aromatic nitrogens is 1. The Morgan fingerprint density at radius 1 is 1.00 bits per heavy atom. The second-order valence-electron chi connectivity index (χ2n) is 6.96. The normalized spacial score (nSPS) is 15.6. The van der Waals surface area contributed by atoms with Crippen molar-refractivity contribution in [3.63, 3.8) is 0 Å². The van der Waals surface area contributed by atoms with Crippen molar-refractivity contribution in [1.29, 1.82) is 5.26 Å². The van der Waals surface area contributed by atoms with Crippen LogP contribution in [0.25, 0.3) is 10.6 Å². The van der Waals surface area contributed by atoms with Crippen molar-refractivity contribution in [2.24, 2.45) is 0 Å². The number of amides is 1. The summed E-state index contributed by atoms with van der Waals surface area (Å²) in [7, 11) is 0. The van der Waals surface area contributed by atoms with E-state index < -0.39 is 6.04 Å². The van der Waals surface area contributed by atoms with Gasteiger partial charge in [0.2, 0.25) is 0 Å². The molecule has 1 amide bonds. The van der Waals surface area contributed by atoms with Crippen molar-refractivity contribution >= 4 is 17.2 Å². The maximum absolute atomic E-state index is 13.2. The van der Waals surface area contributed by atoms with Crippen LogP contribution in [-0.4, -0.2) is 46.9 Å². The molecule has 1 saturated heterocycles. The molecule has 0 saturated carbocycles. The first-order valence-corrected chi connectivity index (χ1v) is 10.3.